The minimum atomic E-state index is 0.908. The van der Waals surface area contributed by atoms with Crippen LogP contribution in [0.5, 0.6) is 0 Å². The van der Waals surface area contributed by atoms with Crippen LogP contribution in [0.1, 0.15) is 18.1 Å². The monoisotopic (exact) mass is 475 g/mol. The number of hydrogen-bond acceptors (Lipinski definition) is 1. The third kappa shape index (κ3) is 3.19. The van der Waals surface area contributed by atoms with Crippen LogP contribution in [0.25, 0.3) is 78.2 Å². The van der Waals surface area contributed by atoms with Gasteiger partial charge < -0.3 is 9.40 Å². The summed E-state index contributed by atoms with van der Waals surface area (Å²) in [6.45, 7) is 6.17. The third-order valence-corrected chi connectivity index (χ3v) is 7.32. The van der Waals surface area contributed by atoms with Gasteiger partial charge in [0.1, 0.15) is 11.2 Å². The average Bonchev–Trinajstić information content (AvgIpc) is 3.52. The Morgan fingerprint density at radius 1 is 0.676 bits per heavy atom. The smallest absolute Gasteiger partial charge is 0.143 e. The lowest BCUT2D eigenvalue weighted by molar-refractivity contribution is 0.671. The van der Waals surface area contributed by atoms with Gasteiger partial charge in [-0.3, -0.25) is 0 Å². The Morgan fingerprint density at radius 2 is 1.35 bits per heavy atom. The molecule has 7 rings (SSSR count). The van der Waals surface area contributed by atoms with E-state index in [2.05, 4.69) is 115 Å². The second-order valence-corrected chi connectivity index (χ2v) is 9.38. The van der Waals surface area contributed by atoms with Crippen molar-refractivity contribution in [3.8, 4) is 22.3 Å². The van der Waals surface area contributed by atoms with Gasteiger partial charge in [0.25, 0.3) is 0 Å². The summed E-state index contributed by atoms with van der Waals surface area (Å²) in [4.78, 5) is 3.71. The Bertz CT molecular complexity index is 2000. The number of rotatable bonds is 4. The Labute approximate surface area is 215 Å². The third-order valence-electron chi connectivity index (χ3n) is 7.32. The van der Waals surface area contributed by atoms with Gasteiger partial charge in [0.2, 0.25) is 0 Å². The molecule has 0 aliphatic carbocycles. The van der Waals surface area contributed by atoms with Crippen LogP contribution in [0.15, 0.2) is 114 Å². The van der Waals surface area contributed by atoms with Crippen molar-refractivity contribution in [3.63, 3.8) is 0 Å². The zero-order chi connectivity index (χ0) is 24.9. The van der Waals surface area contributed by atoms with Crippen molar-refractivity contribution in [2.45, 2.75) is 6.92 Å². The largest absolute Gasteiger partial charge is 0.455 e. The molecule has 0 spiro atoms. The minimum absolute atomic E-state index is 0.908. The lowest BCUT2D eigenvalue weighted by Crippen LogP contribution is -1.82. The van der Waals surface area contributed by atoms with Crippen LogP contribution in [0.3, 0.4) is 0 Å². The van der Waals surface area contributed by atoms with Crippen LogP contribution < -0.4 is 0 Å². The van der Waals surface area contributed by atoms with E-state index in [1.54, 1.807) is 0 Å². The fourth-order valence-electron chi connectivity index (χ4n) is 5.71. The van der Waals surface area contributed by atoms with Crippen LogP contribution in [0.2, 0.25) is 0 Å². The molecule has 0 bridgehead atoms. The van der Waals surface area contributed by atoms with Gasteiger partial charge in [-0.15, -0.1) is 0 Å². The maximum atomic E-state index is 6.70. The predicted molar refractivity (Wildman–Crippen MR) is 159 cm³/mol. The molecule has 2 nitrogen and oxygen atoms in total. The summed E-state index contributed by atoms with van der Waals surface area (Å²) < 4.78 is 6.70. The molecule has 0 radical (unpaired) electrons. The van der Waals surface area contributed by atoms with Crippen LogP contribution in [-0.2, 0) is 0 Å². The zero-order valence-electron chi connectivity index (χ0n) is 20.6. The minimum Gasteiger partial charge on any atom is -0.455 e. The van der Waals surface area contributed by atoms with E-state index in [-0.39, 0.29) is 0 Å². The van der Waals surface area contributed by atoms with Gasteiger partial charge in [-0.2, -0.15) is 0 Å². The molecule has 2 heteroatoms. The Balaban J connectivity index is 1.53. The van der Waals surface area contributed by atoms with E-state index in [0.29, 0.717) is 0 Å². The molecule has 0 aliphatic heterocycles. The Kier molecular flexibility index (Phi) is 4.87. The molecule has 5 aromatic carbocycles. The van der Waals surface area contributed by atoms with Crippen LogP contribution in [-0.4, -0.2) is 4.98 Å². The van der Waals surface area contributed by atoms with Gasteiger partial charge in [0.05, 0.1) is 5.52 Å². The van der Waals surface area contributed by atoms with Crippen molar-refractivity contribution in [2.75, 3.05) is 0 Å². The van der Waals surface area contributed by atoms with Gasteiger partial charge >= 0.3 is 0 Å². The Morgan fingerprint density at radius 3 is 2.08 bits per heavy atom. The van der Waals surface area contributed by atoms with E-state index < -0.39 is 0 Å². The number of para-hydroxylation sites is 3. The van der Waals surface area contributed by atoms with Gasteiger partial charge in [-0.05, 0) is 29.7 Å². The molecule has 0 atom stereocenters. The van der Waals surface area contributed by atoms with Gasteiger partial charge in [-0.1, -0.05) is 116 Å². The van der Waals surface area contributed by atoms with E-state index in [1.165, 1.54) is 16.3 Å². The van der Waals surface area contributed by atoms with E-state index in [1.807, 2.05) is 19.1 Å². The molecule has 1 N–H and O–H groups in total. The summed E-state index contributed by atoms with van der Waals surface area (Å²) in [6.07, 6.45) is 6.17. The van der Waals surface area contributed by atoms with E-state index in [9.17, 15) is 0 Å². The summed E-state index contributed by atoms with van der Waals surface area (Å²) in [5.74, 6) is 0. The summed E-state index contributed by atoms with van der Waals surface area (Å²) in [6, 6.07) is 34.1. The molecule has 37 heavy (non-hydrogen) atoms. The van der Waals surface area contributed by atoms with Gasteiger partial charge in [0.15, 0.2) is 0 Å². The highest BCUT2D eigenvalue weighted by Gasteiger charge is 2.18. The highest BCUT2D eigenvalue weighted by atomic mass is 16.3. The SMILES string of the molecule is C=Cc1c(/C=C\C)ccc2[nH]c3c(-c4cccc5c4oc4c(-c6ccccc6)cccc45)cccc3c12. The number of hydrogen-bond donors (Lipinski definition) is 1. The topological polar surface area (TPSA) is 28.9 Å². The van der Waals surface area contributed by atoms with E-state index in [4.69, 9.17) is 4.42 Å². The first-order chi connectivity index (χ1) is 18.3. The number of benzene rings is 5. The van der Waals surface area contributed by atoms with Crippen molar-refractivity contribution < 1.29 is 4.42 Å². The quantitative estimate of drug-likeness (QED) is 0.269. The molecule has 7 aromatic rings. The van der Waals surface area contributed by atoms with Crippen molar-refractivity contribution in [1.29, 1.82) is 0 Å². The van der Waals surface area contributed by atoms with Crippen molar-refractivity contribution in [1.82, 2.24) is 4.98 Å². The second-order valence-electron chi connectivity index (χ2n) is 9.38. The first-order valence-corrected chi connectivity index (χ1v) is 12.6. The summed E-state index contributed by atoms with van der Waals surface area (Å²) >= 11 is 0. The van der Waals surface area contributed by atoms with E-state index in [0.717, 1.165) is 60.8 Å². The molecule has 176 valence electrons. The number of allylic oxidation sites excluding steroid dienone is 1. The lowest BCUT2D eigenvalue weighted by Gasteiger charge is -2.06. The number of furan rings is 1. The highest BCUT2D eigenvalue weighted by Crippen LogP contribution is 2.42. The maximum absolute atomic E-state index is 6.70. The van der Waals surface area contributed by atoms with Crippen LogP contribution in [0.4, 0.5) is 0 Å². The number of aromatic nitrogens is 1. The van der Waals surface area contributed by atoms with E-state index >= 15 is 0 Å². The van der Waals surface area contributed by atoms with Crippen molar-refractivity contribution >= 4 is 55.9 Å². The number of H-pyrrole nitrogens is 1. The molecular weight excluding hydrogens is 450 g/mol. The first kappa shape index (κ1) is 21.5. The van der Waals surface area contributed by atoms with Gasteiger partial charge in [-0.25, -0.2) is 0 Å². The molecule has 2 aromatic heterocycles. The molecule has 0 unspecified atom stereocenters. The molecular formula is C35H25NO. The normalized spacial score (nSPS) is 11.9. The number of fused-ring (bicyclic) bond motifs is 6. The molecule has 0 saturated carbocycles. The number of nitrogens with one attached hydrogen (secondary N) is 1. The highest BCUT2D eigenvalue weighted by molar-refractivity contribution is 6.19. The standard InChI is InChI=1S/C35H25NO/c1-3-11-22-20-21-31-32(24(22)4-2)30-19-9-15-26(33(30)36-31)27-16-10-18-29-28-17-8-14-25(34(28)37-35(27)29)23-12-6-5-7-13-23/h3-21,36H,2H2,1H3/b11-3-. The Hall–Kier alpha value is -4.82. The summed E-state index contributed by atoms with van der Waals surface area (Å²) in [5, 5.41) is 4.64. The molecule has 0 amide bonds. The molecule has 0 saturated heterocycles. The molecule has 2 heterocycles. The molecule has 0 fully saturated rings. The van der Waals surface area contributed by atoms with Crippen LogP contribution in [0, 0.1) is 0 Å². The second kappa shape index (κ2) is 8.39. The first-order valence-electron chi connectivity index (χ1n) is 12.6. The fraction of sp³-hybridized carbons (Fsp3) is 0.0286. The van der Waals surface area contributed by atoms with Crippen LogP contribution >= 0.6 is 0 Å². The average molecular weight is 476 g/mol. The van der Waals surface area contributed by atoms with Crippen molar-refractivity contribution in [3.05, 3.63) is 121 Å². The number of aromatic amines is 1. The summed E-state index contributed by atoms with van der Waals surface area (Å²) in [5.41, 5.74) is 10.8. The van der Waals surface area contributed by atoms with Crippen molar-refractivity contribution in [2.24, 2.45) is 0 Å². The summed E-state index contributed by atoms with van der Waals surface area (Å²) in [7, 11) is 0. The molecule has 0 aliphatic rings. The van der Waals surface area contributed by atoms with Gasteiger partial charge in [0, 0.05) is 43.8 Å². The maximum Gasteiger partial charge on any atom is 0.143 e. The fourth-order valence-corrected chi connectivity index (χ4v) is 5.71. The zero-order valence-corrected chi connectivity index (χ0v) is 20.6. The lowest BCUT2D eigenvalue weighted by atomic mass is 9.97. The predicted octanol–water partition coefficient (Wildman–Crippen LogP) is 10.2.